The third kappa shape index (κ3) is 2.42. The monoisotopic (exact) mass is 297 g/mol. The molecule has 0 saturated carbocycles. The number of halogens is 2. The number of methoxy groups -OCH3 is 1. The highest BCUT2D eigenvalue weighted by Crippen LogP contribution is 2.41. The second-order valence-corrected chi connectivity index (χ2v) is 6.28. The van der Waals surface area contributed by atoms with Crippen molar-refractivity contribution in [3.63, 3.8) is 0 Å². The Labute approximate surface area is 120 Å². The number of hydrogen-bond acceptors (Lipinski definition) is 3. The summed E-state index contributed by atoms with van der Waals surface area (Å²) < 4.78 is 19.4. The van der Waals surface area contributed by atoms with Gasteiger partial charge in [0.1, 0.15) is 0 Å². The van der Waals surface area contributed by atoms with Crippen LogP contribution in [0.25, 0.3) is 0 Å². The van der Waals surface area contributed by atoms with Crippen LogP contribution in [-0.2, 0) is 6.42 Å². The summed E-state index contributed by atoms with van der Waals surface area (Å²) in [5.41, 5.74) is 2.00. The van der Waals surface area contributed by atoms with Crippen molar-refractivity contribution >= 4 is 28.6 Å². The third-order valence-corrected chi connectivity index (χ3v) is 4.68. The van der Waals surface area contributed by atoms with Crippen molar-refractivity contribution in [2.24, 2.45) is 0 Å². The lowest BCUT2D eigenvalue weighted by Gasteiger charge is -2.15. The van der Waals surface area contributed by atoms with E-state index in [1.54, 1.807) is 17.4 Å². The van der Waals surface area contributed by atoms with Crippen molar-refractivity contribution < 1.29 is 9.13 Å². The molecule has 1 aromatic heterocycles. The van der Waals surface area contributed by atoms with E-state index in [1.165, 1.54) is 23.6 Å². The lowest BCUT2D eigenvalue weighted by molar-refractivity contribution is 0.386. The smallest absolute Gasteiger partial charge is 0.167 e. The van der Waals surface area contributed by atoms with Crippen molar-refractivity contribution in [3.05, 3.63) is 44.9 Å². The highest BCUT2D eigenvalue weighted by molar-refractivity contribution is 7.16. The van der Waals surface area contributed by atoms with Crippen molar-refractivity contribution in [3.8, 4) is 5.75 Å². The van der Waals surface area contributed by atoms with Crippen LogP contribution < -0.4 is 10.1 Å². The van der Waals surface area contributed by atoms with Gasteiger partial charge in [-0.1, -0.05) is 11.6 Å². The van der Waals surface area contributed by atoms with Crippen LogP contribution in [0.4, 0.5) is 10.1 Å². The molecular formula is C14H13ClFNOS. The summed E-state index contributed by atoms with van der Waals surface area (Å²) in [6.45, 7) is 0. The maximum Gasteiger partial charge on any atom is 0.167 e. The molecule has 1 unspecified atom stereocenters. The molecule has 0 aliphatic heterocycles. The van der Waals surface area contributed by atoms with E-state index in [0.29, 0.717) is 0 Å². The fraction of sp³-hybridized carbons (Fsp3) is 0.286. The average Bonchev–Trinajstić information content (AvgIpc) is 2.90. The number of hydrogen-bond donors (Lipinski definition) is 1. The van der Waals surface area contributed by atoms with Crippen LogP contribution in [0.2, 0.25) is 4.34 Å². The van der Waals surface area contributed by atoms with Gasteiger partial charge in [0, 0.05) is 16.6 Å². The molecule has 0 spiro atoms. The Morgan fingerprint density at radius 2 is 2.26 bits per heavy atom. The van der Waals surface area contributed by atoms with Crippen molar-refractivity contribution in [2.75, 3.05) is 12.4 Å². The van der Waals surface area contributed by atoms with Crippen LogP contribution in [0.5, 0.6) is 5.75 Å². The molecule has 0 saturated heterocycles. The van der Waals surface area contributed by atoms with Crippen LogP contribution >= 0.6 is 22.9 Å². The van der Waals surface area contributed by atoms with Crippen LogP contribution in [0.15, 0.2) is 24.3 Å². The van der Waals surface area contributed by atoms with Crippen LogP contribution in [0.1, 0.15) is 22.9 Å². The number of rotatable bonds is 3. The van der Waals surface area contributed by atoms with Crippen molar-refractivity contribution in [1.82, 2.24) is 0 Å². The Kier molecular flexibility index (Phi) is 3.37. The first-order valence-corrected chi connectivity index (χ1v) is 7.25. The Bertz CT molecular complexity index is 613. The molecule has 1 aliphatic carbocycles. The molecule has 0 amide bonds. The number of thiophene rings is 1. The highest BCUT2D eigenvalue weighted by atomic mass is 35.5. The molecule has 0 fully saturated rings. The minimum absolute atomic E-state index is 0.214. The number of aryl methyl sites for hydroxylation is 1. The number of anilines is 1. The third-order valence-electron chi connectivity index (χ3n) is 3.34. The Hall–Kier alpha value is -1.26. The first-order valence-electron chi connectivity index (χ1n) is 6.05. The molecule has 1 N–H and O–H groups in total. The fourth-order valence-electron chi connectivity index (χ4n) is 2.44. The summed E-state index contributed by atoms with van der Waals surface area (Å²) in [7, 11) is 1.46. The molecule has 2 aromatic rings. The number of benzene rings is 1. The quantitative estimate of drug-likeness (QED) is 0.890. The van der Waals surface area contributed by atoms with E-state index in [-0.39, 0.29) is 17.6 Å². The Morgan fingerprint density at radius 1 is 1.42 bits per heavy atom. The van der Waals surface area contributed by atoms with Gasteiger partial charge >= 0.3 is 0 Å². The molecule has 19 heavy (non-hydrogen) atoms. The lowest BCUT2D eigenvalue weighted by Crippen LogP contribution is -2.06. The standard InChI is InChI=1S/C14H13ClFNOS/c1-18-12-4-2-8(6-10(12)16)17-11-3-5-13-9(11)7-14(15)19-13/h2,4,6-7,11,17H,3,5H2,1H3. The summed E-state index contributed by atoms with van der Waals surface area (Å²) in [6.07, 6.45) is 2.05. The zero-order chi connectivity index (χ0) is 13.4. The first-order chi connectivity index (χ1) is 9.17. The second-order valence-electron chi connectivity index (χ2n) is 4.51. The molecule has 100 valence electrons. The number of nitrogens with one attached hydrogen (secondary N) is 1. The molecule has 0 radical (unpaired) electrons. The van der Waals surface area contributed by atoms with Crippen molar-refractivity contribution in [1.29, 1.82) is 0 Å². The maximum absolute atomic E-state index is 13.6. The highest BCUT2D eigenvalue weighted by Gasteiger charge is 2.25. The fourth-order valence-corrected chi connectivity index (χ4v) is 3.79. The summed E-state index contributed by atoms with van der Waals surface area (Å²) in [6, 6.07) is 7.14. The minimum atomic E-state index is -0.353. The molecule has 0 bridgehead atoms. The van der Waals surface area contributed by atoms with E-state index in [0.717, 1.165) is 22.9 Å². The maximum atomic E-state index is 13.6. The summed E-state index contributed by atoms with van der Waals surface area (Å²) in [5.74, 6) is -0.0923. The predicted octanol–water partition coefficient (Wildman–Crippen LogP) is 4.65. The lowest BCUT2D eigenvalue weighted by atomic mass is 10.1. The normalized spacial score (nSPS) is 17.3. The van der Waals surface area contributed by atoms with E-state index in [9.17, 15) is 4.39 Å². The molecule has 1 heterocycles. The first kappa shape index (κ1) is 12.8. The molecule has 1 atom stereocenters. The van der Waals surface area contributed by atoms with E-state index < -0.39 is 0 Å². The van der Waals surface area contributed by atoms with Gasteiger partial charge < -0.3 is 10.1 Å². The van der Waals surface area contributed by atoms with Gasteiger partial charge in [0.15, 0.2) is 11.6 Å². The SMILES string of the molecule is COc1ccc(NC2CCc3sc(Cl)cc32)cc1F. The van der Waals surface area contributed by atoms with Gasteiger partial charge in [-0.3, -0.25) is 0 Å². The molecule has 5 heteroatoms. The van der Waals surface area contributed by atoms with Gasteiger partial charge in [-0.25, -0.2) is 4.39 Å². The molecular weight excluding hydrogens is 285 g/mol. The van der Waals surface area contributed by atoms with Gasteiger partial charge in [0.25, 0.3) is 0 Å². The number of ether oxygens (including phenoxy) is 1. The molecule has 2 nitrogen and oxygen atoms in total. The molecule has 1 aliphatic rings. The predicted molar refractivity (Wildman–Crippen MR) is 77.0 cm³/mol. The minimum Gasteiger partial charge on any atom is -0.494 e. The topological polar surface area (TPSA) is 21.3 Å². The number of fused-ring (bicyclic) bond motifs is 1. The Balaban J connectivity index is 1.81. The van der Waals surface area contributed by atoms with Crippen molar-refractivity contribution in [2.45, 2.75) is 18.9 Å². The van der Waals surface area contributed by atoms with Gasteiger partial charge in [-0.15, -0.1) is 11.3 Å². The largest absolute Gasteiger partial charge is 0.494 e. The summed E-state index contributed by atoms with van der Waals surface area (Å²) >= 11 is 7.66. The molecule has 1 aromatic carbocycles. The van der Waals surface area contributed by atoms with Gasteiger partial charge in [-0.05, 0) is 36.6 Å². The zero-order valence-corrected chi connectivity index (χ0v) is 11.9. The summed E-state index contributed by atoms with van der Waals surface area (Å²) in [4.78, 5) is 1.33. The van der Waals surface area contributed by atoms with Gasteiger partial charge in [0.05, 0.1) is 17.5 Å². The summed E-state index contributed by atoms with van der Waals surface area (Å²) in [5, 5.41) is 3.35. The van der Waals surface area contributed by atoms with Gasteiger partial charge in [0.2, 0.25) is 0 Å². The molecule has 3 rings (SSSR count). The van der Waals surface area contributed by atoms with Crippen LogP contribution in [0.3, 0.4) is 0 Å². The van der Waals surface area contributed by atoms with E-state index in [1.807, 2.05) is 12.1 Å². The zero-order valence-electron chi connectivity index (χ0n) is 10.4. The van der Waals surface area contributed by atoms with Crippen LogP contribution in [0, 0.1) is 5.82 Å². The average molecular weight is 298 g/mol. The van der Waals surface area contributed by atoms with E-state index in [4.69, 9.17) is 16.3 Å². The van der Waals surface area contributed by atoms with Crippen LogP contribution in [-0.4, -0.2) is 7.11 Å². The van der Waals surface area contributed by atoms with E-state index in [2.05, 4.69) is 5.32 Å². The second kappa shape index (κ2) is 5.02. The van der Waals surface area contributed by atoms with E-state index >= 15 is 0 Å². The van der Waals surface area contributed by atoms with Gasteiger partial charge in [-0.2, -0.15) is 0 Å². The Morgan fingerprint density at radius 3 is 3.00 bits per heavy atom.